The Kier molecular flexibility index (Phi) is 9.45. The number of aliphatic carboxylic acids is 2. The quantitative estimate of drug-likeness (QED) is 0.0998. The normalized spacial score (nSPS) is 11.0. The van der Waals surface area contributed by atoms with Crippen molar-refractivity contribution in [2.75, 3.05) is 0 Å². The predicted octanol–water partition coefficient (Wildman–Crippen LogP) is 6.87. The molecule has 0 saturated carbocycles. The van der Waals surface area contributed by atoms with Gasteiger partial charge in [-0.25, -0.2) is 0 Å². The number of carboxylic acid groups (broad SMARTS) is 2. The average Bonchev–Trinajstić information content (AvgIpc) is 3.39. The lowest BCUT2D eigenvalue weighted by molar-refractivity contribution is -0.137. The number of phenols is 4. The molecule has 10 nitrogen and oxygen atoms in total. The number of fused-ring (bicyclic) bond motifs is 2. The Hall–Kier alpha value is -5.13. The first kappa shape index (κ1) is 32.3. The Balaban J connectivity index is 0.000000181. The van der Waals surface area contributed by atoms with Gasteiger partial charge in [-0.15, -0.1) is 0 Å². The zero-order valence-corrected chi connectivity index (χ0v) is 26.4. The first-order chi connectivity index (χ1) is 21.9. The van der Waals surface area contributed by atoms with Crippen LogP contribution < -0.4 is 0 Å². The van der Waals surface area contributed by atoms with Crippen molar-refractivity contribution in [3.8, 4) is 23.0 Å². The van der Waals surface area contributed by atoms with Crippen LogP contribution in [0.1, 0.15) is 22.3 Å². The van der Waals surface area contributed by atoms with Gasteiger partial charge in [-0.05, 0) is 75.6 Å². The zero-order valence-electron chi connectivity index (χ0n) is 24.1. The minimum Gasteiger partial charge on any atom is -0.508 e. The number of aromatic nitrogens is 2. The van der Waals surface area contributed by atoms with E-state index < -0.39 is 11.9 Å². The number of aromatic hydroxyl groups is 4. The van der Waals surface area contributed by atoms with Crippen molar-refractivity contribution in [3.63, 3.8) is 0 Å². The maximum atomic E-state index is 11.1. The molecule has 0 bridgehead atoms. The molecule has 236 valence electrons. The highest BCUT2D eigenvalue weighted by molar-refractivity contribution is 9.10. The fraction of sp³-hybridized carbons (Fsp3) is 0.118. The number of hydrogen-bond donors (Lipinski definition) is 6. The molecular formula is C34H28BrClN2O8. The zero-order chi connectivity index (χ0) is 33.1. The molecule has 6 N–H and O–H groups in total. The lowest BCUT2D eigenvalue weighted by atomic mass is 10.1. The highest BCUT2D eigenvalue weighted by Gasteiger charge is 2.20. The largest absolute Gasteiger partial charge is 0.508 e. The molecule has 0 saturated heterocycles. The van der Waals surface area contributed by atoms with E-state index in [4.69, 9.17) is 21.8 Å². The third-order valence-electron chi connectivity index (χ3n) is 7.38. The van der Waals surface area contributed by atoms with Gasteiger partial charge in [-0.1, -0.05) is 35.9 Å². The van der Waals surface area contributed by atoms with Crippen molar-refractivity contribution in [2.45, 2.75) is 25.9 Å². The Morgan fingerprint density at radius 1 is 0.587 bits per heavy atom. The molecule has 0 atom stereocenters. The molecule has 0 spiro atoms. The van der Waals surface area contributed by atoms with Crippen LogP contribution in [0.4, 0.5) is 0 Å². The van der Waals surface area contributed by atoms with Crippen LogP contribution in [-0.4, -0.2) is 51.7 Å². The Morgan fingerprint density at radius 3 is 1.46 bits per heavy atom. The minimum absolute atomic E-state index is 0.0838. The highest BCUT2D eigenvalue weighted by atomic mass is 79.9. The van der Waals surface area contributed by atoms with Crippen LogP contribution in [0, 0.1) is 0 Å². The van der Waals surface area contributed by atoms with E-state index >= 15 is 0 Å². The van der Waals surface area contributed by atoms with Crippen LogP contribution in [0.3, 0.4) is 0 Å². The average molecular weight is 708 g/mol. The predicted molar refractivity (Wildman–Crippen MR) is 177 cm³/mol. The summed E-state index contributed by atoms with van der Waals surface area (Å²) in [5.74, 6) is -1.32. The number of phenolic OH excluding ortho intramolecular Hbond substituents is 4. The van der Waals surface area contributed by atoms with E-state index in [1.54, 1.807) is 83.4 Å². The highest BCUT2D eigenvalue weighted by Crippen LogP contribution is 2.35. The molecular weight excluding hydrogens is 680 g/mol. The lowest BCUT2D eigenvalue weighted by Gasteiger charge is -2.08. The van der Waals surface area contributed by atoms with E-state index in [1.165, 1.54) is 6.07 Å². The van der Waals surface area contributed by atoms with Gasteiger partial charge in [0.15, 0.2) is 0 Å². The summed E-state index contributed by atoms with van der Waals surface area (Å²) in [7, 11) is 0. The molecule has 2 heterocycles. The van der Waals surface area contributed by atoms with Gasteiger partial charge in [-0.3, -0.25) is 9.59 Å². The molecule has 0 fully saturated rings. The maximum Gasteiger partial charge on any atom is 0.307 e. The summed E-state index contributed by atoms with van der Waals surface area (Å²) in [6.07, 6.45) is -0.298. The van der Waals surface area contributed by atoms with E-state index in [1.807, 2.05) is 4.57 Å². The van der Waals surface area contributed by atoms with Crippen LogP contribution in [0.15, 0.2) is 89.5 Å². The summed E-state index contributed by atoms with van der Waals surface area (Å²) in [6, 6.07) is 23.1. The van der Waals surface area contributed by atoms with Crippen LogP contribution in [0.25, 0.3) is 21.8 Å². The van der Waals surface area contributed by atoms with E-state index in [0.717, 1.165) is 22.0 Å². The molecule has 0 aliphatic heterocycles. The molecule has 0 amide bonds. The third kappa shape index (κ3) is 7.06. The van der Waals surface area contributed by atoms with Gasteiger partial charge in [-0.2, -0.15) is 0 Å². The van der Waals surface area contributed by atoms with Gasteiger partial charge < -0.3 is 39.8 Å². The maximum absolute atomic E-state index is 11.1. The van der Waals surface area contributed by atoms with Gasteiger partial charge >= 0.3 is 11.9 Å². The third-order valence-corrected chi connectivity index (χ3v) is 8.72. The molecule has 0 radical (unpaired) electrons. The smallest absolute Gasteiger partial charge is 0.307 e. The topological polar surface area (TPSA) is 165 Å². The van der Waals surface area contributed by atoms with Crippen molar-refractivity contribution in [1.29, 1.82) is 0 Å². The lowest BCUT2D eigenvalue weighted by Crippen LogP contribution is -2.02. The number of halogens is 2. The summed E-state index contributed by atoms with van der Waals surface area (Å²) >= 11 is 9.89. The number of benzene rings is 4. The molecule has 0 aliphatic rings. The molecule has 2 aromatic heterocycles. The SMILES string of the molecule is O=C(O)Cc1c(Br)n(Cc2ccc(O)cc2)c2cc(O)ccc12.O=C(O)Cc1c(Cl)n(Cc2ccc(O)cc2)c2cc(O)ccc12. The van der Waals surface area contributed by atoms with Crippen molar-refractivity contribution in [3.05, 3.63) is 117 Å². The van der Waals surface area contributed by atoms with Crippen LogP contribution in [0.2, 0.25) is 5.15 Å². The summed E-state index contributed by atoms with van der Waals surface area (Å²) < 4.78 is 4.33. The number of hydrogen-bond acceptors (Lipinski definition) is 6. The van der Waals surface area contributed by atoms with Gasteiger partial charge in [0.2, 0.25) is 0 Å². The first-order valence-electron chi connectivity index (χ1n) is 13.9. The monoisotopic (exact) mass is 706 g/mol. The van der Waals surface area contributed by atoms with E-state index in [-0.39, 0.29) is 35.8 Å². The van der Waals surface area contributed by atoms with Crippen molar-refractivity contribution >= 4 is 61.3 Å². The van der Waals surface area contributed by atoms with Crippen molar-refractivity contribution in [1.82, 2.24) is 9.13 Å². The minimum atomic E-state index is -0.969. The van der Waals surface area contributed by atoms with E-state index in [0.29, 0.717) is 44.9 Å². The number of carboxylic acids is 2. The van der Waals surface area contributed by atoms with E-state index in [9.17, 15) is 30.0 Å². The Bertz CT molecular complexity index is 1920. The van der Waals surface area contributed by atoms with Crippen LogP contribution >= 0.6 is 27.5 Å². The fourth-order valence-electron chi connectivity index (χ4n) is 5.27. The first-order valence-corrected chi connectivity index (χ1v) is 15.1. The molecule has 12 heteroatoms. The standard InChI is InChI=1S/C17H14BrNO4.C17H14ClNO4/c2*18-17-14(8-16(22)23)13-6-5-12(21)7-15(13)19(17)9-10-1-3-11(20)4-2-10/h2*1-7,20-21H,8-9H2,(H,22,23). The van der Waals surface area contributed by atoms with Crippen molar-refractivity contribution < 1.29 is 40.2 Å². The Morgan fingerprint density at radius 2 is 0.978 bits per heavy atom. The van der Waals surface area contributed by atoms with Gasteiger partial charge in [0, 0.05) is 47.1 Å². The van der Waals surface area contributed by atoms with Crippen molar-refractivity contribution in [2.24, 2.45) is 0 Å². The second-order valence-corrected chi connectivity index (χ2v) is 11.7. The second-order valence-electron chi connectivity index (χ2n) is 10.6. The molecule has 6 aromatic rings. The summed E-state index contributed by atoms with van der Waals surface area (Å²) in [4.78, 5) is 22.2. The fourth-order valence-corrected chi connectivity index (χ4v) is 6.26. The molecule has 4 aromatic carbocycles. The van der Waals surface area contributed by atoms with E-state index in [2.05, 4.69) is 15.9 Å². The second kappa shape index (κ2) is 13.5. The van der Waals surface area contributed by atoms with Gasteiger partial charge in [0.1, 0.15) is 28.2 Å². The molecule has 6 rings (SSSR count). The molecule has 0 unspecified atom stereocenters. The number of carbonyl (C=O) groups is 2. The number of nitrogens with zero attached hydrogens (tertiary/aromatic N) is 2. The summed E-state index contributed by atoms with van der Waals surface area (Å²) in [5.41, 5.74) is 4.46. The summed E-state index contributed by atoms with van der Waals surface area (Å²) in [5, 5.41) is 58.3. The summed E-state index contributed by atoms with van der Waals surface area (Å²) in [6.45, 7) is 0.888. The van der Waals surface area contributed by atoms with Crippen LogP contribution in [-0.2, 0) is 35.5 Å². The molecule has 0 aliphatic carbocycles. The van der Waals surface area contributed by atoms with Gasteiger partial charge in [0.05, 0.1) is 28.5 Å². The molecule has 46 heavy (non-hydrogen) atoms. The Labute approximate surface area is 275 Å². The van der Waals surface area contributed by atoms with Crippen LogP contribution in [0.5, 0.6) is 23.0 Å². The number of rotatable bonds is 8. The van der Waals surface area contributed by atoms with Gasteiger partial charge in [0.25, 0.3) is 0 Å².